The number of nitrogen functional groups attached to an aromatic ring is 1. The molecule has 0 atom stereocenters. The third kappa shape index (κ3) is 4.00. The molecule has 5 heteroatoms. The third-order valence-electron chi connectivity index (χ3n) is 4.04. The minimum absolute atomic E-state index is 0.745. The lowest BCUT2D eigenvalue weighted by atomic mass is 10.2. The maximum atomic E-state index is 5.86. The van der Waals surface area contributed by atoms with Crippen LogP contribution < -0.4 is 10.5 Å². The fourth-order valence-electron chi connectivity index (χ4n) is 2.59. The first-order valence-corrected chi connectivity index (χ1v) is 8.52. The van der Waals surface area contributed by atoms with E-state index in [0.29, 0.717) is 0 Å². The molecule has 0 radical (unpaired) electrons. The van der Waals surface area contributed by atoms with Crippen molar-refractivity contribution in [3.8, 4) is 16.2 Å². The van der Waals surface area contributed by atoms with Gasteiger partial charge >= 0.3 is 0 Å². The molecule has 0 spiro atoms. The van der Waals surface area contributed by atoms with Gasteiger partial charge in [0.1, 0.15) is 12.4 Å². The van der Waals surface area contributed by atoms with E-state index in [4.69, 9.17) is 10.5 Å². The number of piperazine rings is 1. The summed E-state index contributed by atoms with van der Waals surface area (Å²) >= 11 is 1.61. The number of nitrogens with zero attached hydrogens (tertiary/aromatic N) is 2. The quantitative estimate of drug-likeness (QED) is 0.920. The summed E-state index contributed by atoms with van der Waals surface area (Å²) in [6.45, 7) is 6.32. The normalized spacial score (nSPS) is 16.8. The Hall–Kier alpha value is -1.56. The van der Waals surface area contributed by atoms with Gasteiger partial charge in [-0.3, -0.25) is 4.90 Å². The van der Waals surface area contributed by atoms with Gasteiger partial charge in [-0.1, -0.05) is 0 Å². The van der Waals surface area contributed by atoms with Crippen molar-refractivity contribution < 1.29 is 4.74 Å². The smallest absolute Gasteiger partial charge is 0.119 e. The van der Waals surface area contributed by atoms with Crippen LogP contribution in [0, 0.1) is 0 Å². The molecule has 2 N–H and O–H groups in total. The highest BCUT2D eigenvalue weighted by molar-refractivity contribution is 7.19. The minimum Gasteiger partial charge on any atom is -0.492 e. The van der Waals surface area contributed by atoms with E-state index < -0.39 is 0 Å². The zero-order valence-corrected chi connectivity index (χ0v) is 13.8. The van der Waals surface area contributed by atoms with Gasteiger partial charge in [0.05, 0.1) is 5.00 Å². The van der Waals surface area contributed by atoms with Gasteiger partial charge in [0.2, 0.25) is 0 Å². The van der Waals surface area contributed by atoms with E-state index in [1.54, 1.807) is 11.3 Å². The van der Waals surface area contributed by atoms with Crippen LogP contribution in [0.15, 0.2) is 36.4 Å². The minimum atomic E-state index is 0.745. The average molecular weight is 317 g/mol. The number of hydrogen-bond acceptors (Lipinski definition) is 5. The van der Waals surface area contributed by atoms with E-state index >= 15 is 0 Å². The van der Waals surface area contributed by atoms with Crippen LogP contribution >= 0.6 is 11.3 Å². The zero-order chi connectivity index (χ0) is 15.4. The van der Waals surface area contributed by atoms with E-state index in [1.165, 1.54) is 10.4 Å². The first-order chi connectivity index (χ1) is 10.7. The summed E-state index contributed by atoms with van der Waals surface area (Å²) in [4.78, 5) is 6.03. The predicted molar refractivity (Wildman–Crippen MR) is 93.6 cm³/mol. The molecule has 1 saturated heterocycles. The van der Waals surface area contributed by atoms with Gasteiger partial charge in [0.15, 0.2) is 0 Å². The molecule has 22 heavy (non-hydrogen) atoms. The second-order valence-electron chi connectivity index (χ2n) is 5.72. The summed E-state index contributed by atoms with van der Waals surface area (Å²) in [5.41, 5.74) is 6.97. The molecular weight excluding hydrogens is 294 g/mol. The van der Waals surface area contributed by atoms with Crippen molar-refractivity contribution in [2.45, 2.75) is 0 Å². The molecule has 2 aromatic rings. The van der Waals surface area contributed by atoms with Crippen LogP contribution in [-0.4, -0.2) is 56.2 Å². The molecule has 0 aliphatic carbocycles. The average Bonchev–Trinajstić information content (AvgIpc) is 2.97. The van der Waals surface area contributed by atoms with Gasteiger partial charge in [-0.15, -0.1) is 11.3 Å². The molecule has 0 bridgehead atoms. The summed E-state index contributed by atoms with van der Waals surface area (Å²) in [5.74, 6) is 0.933. The lowest BCUT2D eigenvalue weighted by Crippen LogP contribution is -2.45. The van der Waals surface area contributed by atoms with Crippen molar-refractivity contribution in [2.75, 3.05) is 52.1 Å². The lowest BCUT2D eigenvalue weighted by Gasteiger charge is -2.32. The maximum absolute atomic E-state index is 5.86. The van der Waals surface area contributed by atoms with Crippen molar-refractivity contribution in [3.05, 3.63) is 36.4 Å². The van der Waals surface area contributed by atoms with Crippen LogP contribution in [-0.2, 0) is 0 Å². The molecule has 2 heterocycles. The number of benzene rings is 1. The summed E-state index contributed by atoms with van der Waals surface area (Å²) in [7, 11) is 2.18. The number of rotatable bonds is 5. The van der Waals surface area contributed by atoms with E-state index in [1.807, 2.05) is 18.2 Å². The fraction of sp³-hybridized carbons (Fsp3) is 0.412. The van der Waals surface area contributed by atoms with Crippen molar-refractivity contribution in [1.29, 1.82) is 0 Å². The van der Waals surface area contributed by atoms with Crippen LogP contribution in [0.4, 0.5) is 5.00 Å². The molecule has 118 valence electrons. The first-order valence-electron chi connectivity index (χ1n) is 7.70. The lowest BCUT2D eigenvalue weighted by molar-refractivity contribution is 0.134. The standard InChI is InChI=1S/C17H23N3OS/c1-19-8-10-20(11-9-19)12-13-21-15-4-2-14(3-5-15)16-6-7-17(18)22-16/h2-7H,8-13,18H2,1H3. The molecular formula is C17H23N3OS. The van der Waals surface area contributed by atoms with Gasteiger partial charge in [-0.2, -0.15) is 0 Å². The Morgan fingerprint density at radius 2 is 1.77 bits per heavy atom. The van der Waals surface area contributed by atoms with E-state index in [2.05, 4.69) is 35.0 Å². The molecule has 1 aromatic heterocycles. The topological polar surface area (TPSA) is 41.7 Å². The van der Waals surface area contributed by atoms with Gasteiger partial charge in [-0.05, 0) is 49.0 Å². The van der Waals surface area contributed by atoms with Crippen LogP contribution in [0.3, 0.4) is 0 Å². The summed E-state index contributed by atoms with van der Waals surface area (Å²) in [6.07, 6.45) is 0. The number of hydrogen-bond donors (Lipinski definition) is 1. The molecule has 1 aliphatic heterocycles. The molecule has 1 aliphatic rings. The molecule has 1 aromatic carbocycles. The number of nitrogens with two attached hydrogens (primary N) is 1. The first kappa shape index (κ1) is 15.3. The molecule has 3 rings (SSSR count). The van der Waals surface area contributed by atoms with Crippen molar-refractivity contribution in [3.63, 3.8) is 0 Å². The zero-order valence-electron chi connectivity index (χ0n) is 13.0. The Morgan fingerprint density at radius 3 is 2.41 bits per heavy atom. The number of anilines is 1. The fourth-order valence-corrected chi connectivity index (χ4v) is 3.37. The Labute approximate surface area is 136 Å². The third-order valence-corrected chi connectivity index (χ3v) is 5.00. The number of thiophene rings is 1. The molecule has 1 fully saturated rings. The molecule has 0 amide bonds. The van der Waals surface area contributed by atoms with Crippen LogP contribution in [0.1, 0.15) is 0 Å². The van der Waals surface area contributed by atoms with Crippen molar-refractivity contribution in [1.82, 2.24) is 9.80 Å². The maximum Gasteiger partial charge on any atom is 0.119 e. The summed E-state index contributed by atoms with van der Waals surface area (Å²) in [6, 6.07) is 12.3. The molecule has 4 nitrogen and oxygen atoms in total. The predicted octanol–water partition coefficient (Wildman–Crippen LogP) is 2.62. The van der Waals surface area contributed by atoms with Gasteiger partial charge in [0.25, 0.3) is 0 Å². The SMILES string of the molecule is CN1CCN(CCOc2ccc(-c3ccc(N)s3)cc2)CC1. The number of ether oxygens (including phenoxy) is 1. The Morgan fingerprint density at radius 1 is 1.05 bits per heavy atom. The van der Waals surface area contributed by atoms with E-state index in [0.717, 1.165) is 50.1 Å². The highest BCUT2D eigenvalue weighted by Gasteiger charge is 2.13. The van der Waals surface area contributed by atoms with Crippen molar-refractivity contribution >= 4 is 16.3 Å². The summed E-state index contributed by atoms with van der Waals surface area (Å²) in [5, 5.41) is 0.850. The highest BCUT2D eigenvalue weighted by atomic mass is 32.1. The Balaban J connectivity index is 1.47. The van der Waals surface area contributed by atoms with Gasteiger partial charge < -0.3 is 15.4 Å². The second-order valence-corrected chi connectivity index (χ2v) is 6.84. The van der Waals surface area contributed by atoms with Crippen LogP contribution in [0.5, 0.6) is 5.75 Å². The van der Waals surface area contributed by atoms with E-state index in [-0.39, 0.29) is 0 Å². The van der Waals surface area contributed by atoms with Crippen LogP contribution in [0.25, 0.3) is 10.4 Å². The van der Waals surface area contributed by atoms with Crippen LogP contribution in [0.2, 0.25) is 0 Å². The largest absolute Gasteiger partial charge is 0.492 e. The molecule has 0 unspecified atom stereocenters. The van der Waals surface area contributed by atoms with Crippen molar-refractivity contribution in [2.24, 2.45) is 0 Å². The van der Waals surface area contributed by atoms with E-state index in [9.17, 15) is 0 Å². The summed E-state index contributed by atoms with van der Waals surface area (Å²) < 4.78 is 5.86. The Bertz CT molecular complexity index is 588. The molecule has 0 saturated carbocycles. The van der Waals surface area contributed by atoms with Gasteiger partial charge in [-0.25, -0.2) is 0 Å². The second kappa shape index (κ2) is 7.13. The Kier molecular flexibility index (Phi) is 4.97. The highest BCUT2D eigenvalue weighted by Crippen LogP contribution is 2.30. The number of likely N-dealkylation sites (N-methyl/N-ethyl adjacent to an activating group) is 1. The van der Waals surface area contributed by atoms with Gasteiger partial charge in [0, 0.05) is 37.6 Å². The monoisotopic (exact) mass is 317 g/mol.